The normalized spacial score (nSPS) is 11.2. The summed E-state index contributed by atoms with van der Waals surface area (Å²) in [5, 5.41) is 2.19. The molecule has 0 aliphatic carbocycles. The molecular formula is C78H55N3O. The van der Waals surface area contributed by atoms with E-state index in [1.165, 1.54) is 22.3 Å². The van der Waals surface area contributed by atoms with Gasteiger partial charge >= 0.3 is 0 Å². The molecule has 0 amide bonds. The number of nitrogens with zero attached hydrogens (tertiary/aromatic N) is 3. The Labute approximate surface area is 478 Å². The molecule has 0 bridgehead atoms. The van der Waals surface area contributed by atoms with Crippen molar-refractivity contribution in [2.75, 3.05) is 14.7 Å². The summed E-state index contributed by atoms with van der Waals surface area (Å²) in [7, 11) is 0. The summed E-state index contributed by atoms with van der Waals surface area (Å²) in [6.45, 7) is 0. The van der Waals surface area contributed by atoms with Crippen molar-refractivity contribution in [1.82, 2.24) is 0 Å². The van der Waals surface area contributed by atoms with Crippen LogP contribution in [0.2, 0.25) is 0 Å². The highest BCUT2D eigenvalue weighted by Crippen LogP contribution is 2.47. The van der Waals surface area contributed by atoms with Crippen molar-refractivity contribution in [2.45, 2.75) is 0 Å². The molecule has 0 spiro atoms. The van der Waals surface area contributed by atoms with Crippen molar-refractivity contribution in [2.24, 2.45) is 0 Å². The predicted molar refractivity (Wildman–Crippen MR) is 345 cm³/mol. The maximum absolute atomic E-state index is 6.42. The number of rotatable bonds is 14. The minimum atomic E-state index is 0.870. The summed E-state index contributed by atoms with van der Waals surface area (Å²) in [6, 6.07) is 120. The van der Waals surface area contributed by atoms with Crippen LogP contribution in [0.3, 0.4) is 0 Å². The largest absolute Gasteiger partial charge is 0.456 e. The molecule has 0 saturated carbocycles. The molecule has 1 heterocycles. The highest BCUT2D eigenvalue weighted by atomic mass is 16.3. The zero-order chi connectivity index (χ0) is 54.6. The number of hydrogen-bond donors (Lipinski definition) is 0. The molecule has 0 unspecified atom stereocenters. The average molecular weight is 1050 g/mol. The lowest BCUT2D eigenvalue weighted by molar-refractivity contribution is 0.669. The summed E-state index contributed by atoms with van der Waals surface area (Å²) in [6.07, 6.45) is 0. The van der Waals surface area contributed by atoms with E-state index >= 15 is 0 Å². The Morgan fingerprint density at radius 2 is 0.366 bits per heavy atom. The number of benzene rings is 13. The summed E-state index contributed by atoms with van der Waals surface area (Å²) < 4.78 is 6.42. The monoisotopic (exact) mass is 1050 g/mol. The molecule has 388 valence electrons. The third-order valence-electron chi connectivity index (χ3n) is 15.4. The van der Waals surface area contributed by atoms with Gasteiger partial charge in [0.25, 0.3) is 0 Å². The van der Waals surface area contributed by atoms with Gasteiger partial charge in [-0.2, -0.15) is 0 Å². The molecule has 0 saturated heterocycles. The van der Waals surface area contributed by atoms with Crippen molar-refractivity contribution in [3.05, 3.63) is 334 Å². The molecular weight excluding hydrogens is 995 g/mol. The molecule has 13 aromatic carbocycles. The quantitative estimate of drug-likeness (QED) is 0.108. The highest BCUT2D eigenvalue weighted by Gasteiger charge is 2.23. The zero-order valence-corrected chi connectivity index (χ0v) is 45.0. The van der Waals surface area contributed by atoms with Gasteiger partial charge in [-0.25, -0.2) is 0 Å². The van der Waals surface area contributed by atoms with Gasteiger partial charge in [0.1, 0.15) is 11.2 Å². The first-order valence-corrected chi connectivity index (χ1v) is 27.9. The van der Waals surface area contributed by atoms with E-state index in [4.69, 9.17) is 4.42 Å². The van der Waals surface area contributed by atoms with E-state index in [2.05, 4.69) is 348 Å². The molecule has 0 atom stereocenters. The van der Waals surface area contributed by atoms with E-state index < -0.39 is 0 Å². The van der Waals surface area contributed by atoms with Crippen molar-refractivity contribution >= 4 is 73.1 Å². The molecule has 0 aliphatic rings. The number of para-hydroxylation sites is 2. The van der Waals surface area contributed by atoms with Crippen molar-refractivity contribution in [3.8, 4) is 55.6 Å². The van der Waals surface area contributed by atoms with Crippen molar-refractivity contribution < 1.29 is 4.42 Å². The second-order valence-electron chi connectivity index (χ2n) is 20.6. The van der Waals surface area contributed by atoms with Gasteiger partial charge < -0.3 is 19.1 Å². The van der Waals surface area contributed by atoms with Crippen LogP contribution < -0.4 is 14.7 Å². The Morgan fingerprint density at radius 1 is 0.159 bits per heavy atom. The van der Waals surface area contributed by atoms with E-state index in [0.717, 1.165) is 107 Å². The molecule has 0 fully saturated rings. The molecule has 4 heteroatoms. The summed E-state index contributed by atoms with van der Waals surface area (Å²) in [5.74, 6) is 0. The van der Waals surface area contributed by atoms with E-state index in [0.29, 0.717) is 0 Å². The van der Waals surface area contributed by atoms with Crippen LogP contribution in [0.25, 0.3) is 77.6 Å². The summed E-state index contributed by atoms with van der Waals surface area (Å²) in [4.78, 5) is 7.15. The lowest BCUT2D eigenvalue weighted by Crippen LogP contribution is -2.16. The van der Waals surface area contributed by atoms with Gasteiger partial charge in [-0.3, -0.25) is 0 Å². The van der Waals surface area contributed by atoms with Crippen LogP contribution in [0.5, 0.6) is 0 Å². The molecule has 82 heavy (non-hydrogen) atoms. The lowest BCUT2D eigenvalue weighted by atomic mass is 10.00. The smallest absolute Gasteiger partial charge is 0.135 e. The molecule has 14 rings (SSSR count). The second-order valence-corrected chi connectivity index (χ2v) is 20.6. The number of anilines is 9. The maximum atomic E-state index is 6.42. The summed E-state index contributed by atoms with van der Waals surface area (Å²) >= 11 is 0. The van der Waals surface area contributed by atoms with Crippen LogP contribution in [-0.2, 0) is 0 Å². The first-order chi connectivity index (χ1) is 40.6. The fourth-order valence-electron chi connectivity index (χ4n) is 11.3. The third-order valence-corrected chi connectivity index (χ3v) is 15.4. The van der Waals surface area contributed by atoms with Gasteiger partial charge in [-0.05, 0) is 171 Å². The molecule has 14 aromatic rings. The van der Waals surface area contributed by atoms with E-state index in [1.807, 2.05) is 0 Å². The molecule has 1 aromatic heterocycles. The minimum Gasteiger partial charge on any atom is -0.456 e. The topological polar surface area (TPSA) is 22.9 Å². The van der Waals surface area contributed by atoms with E-state index in [1.54, 1.807) is 0 Å². The Bertz CT molecular complexity index is 4290. The van der Waals surface area contributed by atoms with E-state index in [9.17, 15) is 0 Å². The maximum Gasteiger partial charge on any atom is 0.135 e. The highest BCUT2D eigenvalue weighted by molar-refractivity contribution is 6.08. The fraction of sp³-hybridized carbons (Fsp3) is 0. The van der Waals surface area contributed by atoms with Crippen LogP contribution in [0, 0.1) is 0 Å². The van der Waals surface area contributed by atoms with Gasteiger partial charge in [0.05, 0.1) is 17.1 Å². The molecule has 0 aliphatic heterocycles. The Hall–Kier alpha value is -10.9. The molecule has 0 radical (unpaired) electrons. The van der Waals surface area contributed by atoms with Gasteiger partial charge in [0.2, 0.25) is 0 Å². The standard InChI is InChI=1S/C78H55N3O/c1-7-19-56(20-8-1)60-31-41-68(42-32-60)79(66-27-15-5-16-28-66)72-53-73(80(67-29-17-6-18-30-67)69-43-33-61(34-44-69)57-21-9-2-10-22-57)55-74(54-72)81(70-45-35-62(36-46-70)58-23-11-3-12-24-58)71-47-37-63(38-48-71)65-40-50-78-76(52-65)75-51-64(39-49-77(75)82-78)59-25-13-4-14-26-59/h1-55H. The van der Waals surface area contributed by atoms with Crippen molar-refractivity contribution in [1.29, 1.82) is 0 Å². The first-order valence-electron chi connectivity index (χ1n) is 27.9. The first kappa shape index (κ1) is 49.4. The second kappa shape index (κ2) is 22.1. The Kier molecular flexibility index (Phi) is 13.3. The van der Waals surface area contributed by atoms with Crippen LogP contribution >= 0.6 is 0 Å². The number of furan rings is 1. The average Bonchev–Trinajstić information content (AvgIpc) is 4.13. The van der Waals surface area contributed by atoms with Gasteiger partial charge in [-0.15, -0.1) is 0 Å². The lowest BCUT2D eigenvalue weighted by Gasteiger charge is -2.33. The predicted octanol–water partition coefficient (Wildman–Crippen LogP) is 22.3. The minimum absolute atomic E-state index is 0.870. The van der Waals surface area contributed by atoms with Crippen molar-refractivity contribution in [3.63, 3.8) is 0 Å². The van der Waals surface area contributed by atoms with Crippen LogP contribution in [0.1, 0.15) is 0 Å². The van der Waals surface area contributed by atoms with Crippen LogP contribution in [0.4, 0.5) is 51.2 Å². The SMILES string of the molecule is c1ccc(-c2ccc(N(c3ccccc3)c3cc(N(c4ccccc4)c4ccc(-c5ccccc5)cc4)cc(N(c4ccc(-c5ccccc5)cc4)c4ccc(-c5ccc6oc7ccc(-c8ccccc8)cc7c6c5)cc4)c3)cc2)cc1. The van der Waals surface area contributed by atoms with Crippen LogP contribution in [0.15, 0.2) is 338 Å². The van der Waals surface area contributed by atoms with E-state index in [-0.39, 0.29) is 0 Å². The number of hydrogen-bond acceptors (Lipinski definition) is 4. The van der Waals surface area contributed by atoms with Gasteiger partial charge in [0.15, 0.2) is 0 Å². The van der Waals surface area contributed by atoms with Gasteiger partial charge in [0, 0.05) is 44.9 Å². The summed E-state index contributed by atoms with van der Waals surface area (Å²) in [5.41, 5.74) is 22.4. The van der Waals surface area contributed by atoms with Gasteiger partial charge in [-0.1, -0.05) is 218 Å². The zero-order valence-electron chi connectivity index (χ0n) is 45.0. The number of fused-ring (bicyclic) bond motifs is 3. The molecule has 4 nitrogen and oxygen atoms in total. The third kappa shape index (κ3) is 9.98. The Balaban J connectivity index is 0.951. The molecule has 0 N–H and O–H groups in total. The Morgan fingerprint density at radius 3 is 0.646 bits per heavy atom. The fourth-order valence-corrected chi connectivity index (χ4v) is 11.3. The van der Waals surface area contributed by atoms with Crippen LogP contribution in [-0.4, -0.2) is 0 Å².